The smallest absolute Gasteiger partial charge is 0.228 e. The van der Waals surface area contributed by atoms with Crippen molar-refractivity contribution < 1.29 is 4.74 Å². The van der Waals surface area contributed by atoms with Crippen molar-refractivity contribution in [3.8, 4) is 22.4 Å². The monoisotopic (exact) mass is 486 g/mol. The number of benzene rings is 3. The van der Waals surface area contributed by atoms with Crippen LogP contribution in [0.3, 0.4) is 0 Å². The van der Waals surface area contributed by atoms with Gasteiger partial charge in [0.05, 0.1) is 26.1 Å². The molecule has 1 fully saturated rings. The molecular formula is C30H26N6O. The van der Waals surface area contributed by atoms with Gasteiger partial charge in [-0.1, -0.05) is 66.7 Å². The van der Waals surface area contributed by atoms with Crippen LogP contribution >= 0.6 is 0 Å². The number of hydrogen-bond donors (Lipinski definition) is 1. The molecule has 0 radical (unpaired) electrons. The molecule has 1 saturated heterocycles. The Morgan fingerprint density at radius 3 is 2.43 bits per heavy atom. The Morgan fingerprint density at radius 1 is 0.811 bits per heavy atom. The van der Waals surface area contributed by atoms with Gasteiger partial charge >= 0.3 is 0 Å². The molecule has 4 heterocycles. The second-order valence-corrected chi connectivity index (χ2v) is 9.36. The normalized spacial score (nSPS) is 14.0. The Morgan fingerprint density at radius 2 is 1.59 bits per heavy atom. The first-order valence-electron chi connectivity index (χ1n) is 12.6. The Kier molecular flexibility index (Phi) is 5.40. The molecule has 7 rings (SSSR count). The van der Waals surface area contributed by atoms with E-state index in [-0.39, 0.29) is 0 Å². The molecule has 7 heteroatoms. The Bertz CT molecular complexity index is 1680. The van der Waals surface area contributed by atoms with E-state index >= 15 is 0 Å². The molecule has 3 aromatic carbocycles. The van der Waals surface area contributed by atoms with E-state index in [0.29, 0.717) is 19.8 Å². The highest BCUT2D eigenvalue weighted by molar-refractivity contribution is 5.90. The van der Waals surface area contributed by atoms with Crippen molar-refractivity contribution >= 4 is 28.0 Å². The third-order valence-corrected chi connectivity index (χ3v) is 6.99. The van der Waals surface area contributed by atoms with E-state index in [4.69, 9.17) is 19.7 Å². The zero-order chi connectivity index (χ0) is 24.6. The predicted molar refractivity (Wildman–Crippen MR) is 147 cm³/mol. The average molecular weight is 487 g/mol. The number of hydrogen-bond acceptors (Lipinski definition) is 5. The van der Waals surface area contributed by atoms with E-state index < -0.39 is 0 Å². The van der Waals surface area contributed by atoms with E-state index in [1.54, 1.807) is 0 Å². The van der Waals surface area contributed by atoms with Gasteiger partial charge < -0.3 is 19.2 Å². The van der Waals surface area contributed by atoms with Crippen LogP contribution in [0.2, 0.25) is 0 Å². The maximum absolute atomic E-state index is 5.57. The molecule has 0 aliphatic carbocycles. The summed E-state index contributed by atoms with van der Waals surface area (Å²) in [7, 11) is 0. The third-order valence-electron chi connectivity index (χ3n) is 6.99. The van der Waals surface area contributed by atoms with E-state index in [9.17, 15) is 0 Å². The first kappa shape index (κ1) is 21.8. The molecular weight excluding hydrogens is 460 g/mol. The number of H-pyrrole nitrogens is 1. The molecule has 3 aromatic heterocycles. The molecule has 0 amide bonds. The number of aromatic amines is 1. The zero-order valence-electron chi connectivity index (χ0n) is 20.3. The summed E-state index contributed by atoms with van der Waals surface area (Å²) in [5.41, 5.74) is 8.21. The lowest BCUT2D eigenvalue weighted by Gasteiger charge is -2.27. The quantitative estimate of drug-likeness (QED) is 0.347. The molecule has 37 heavy (non-hydrogen) atoms. The van der Waals surface area contributed by atoms with Crippen LogP contribution in [-0.4, -0.2) is 50.8 Å². The molecule has 0 unspecified atom stereocenters. The van der Waals surface area contributed by atoms with Crippen LogP contribution in [0.1, 0.15) is 5.56 Å². The SMILES string of the molecule is c1ccc(Cn2cnc3c(-c4ccc(-c5ccc6cc[nH]c6c5)cc4)nc(N4CCOCC4)nc32)cc1. The van der Waals surface area contributed by atoms with Crippen LogP contribution in [-0.2, 0) is 11.3 Å². The Hall–Kier alpha value is -4.49. The highest BCUT2D eigenvalue weighted by atomic mass is 16.5. The van der Waals surface area contributed by atoms with E-state index in [1.807, 2.05) is 18.6 Å². The van der Waals surface area contributed by atoms with Crippen LogP contribution in [0.4, 0.5) is 5.95 Å². The van der Waals surface area contributed by atoms with Crippen molar-refractivity contribution in [3.05, 3.63) is 97.0 Å². The summed E-state index contributed by atoms with van der Waals surface area (Å²) < 4.78 is 7.68. The molecule has 1 aliphatic heterocycles. The molecule has 0 spiro atoms. The summed E-state index contributed by atoms with van der Waals surface area (Å²) in [6, 6.07) is 27.6. The number of fused-ring (bicyclic) bond motifs is 2. The van der Waals surface area contributed by atoms with Crippen LogP contribution in [0, 0.1) is 0 Å². The lowest BCUT2D eigenvalue weighted by molar-refractivity contribution is 0.122. The van der Waals surface area contributed by atoms with Gasteiger partial charge in [-0.25, -0.2) is 9.97 Å². The van der Waals surface area contributed by atoms with Crippen molar-refractivity contribution in [2.24, 2.45) is 0 Å². The number of nitrogens with zero attached hydrogens (tertiary/aromatic N) is 5. The largest absolute Gasteiger partial charge is 0.378 e. The fraction of sp³-hybridized carbons (Fsp3) is 0.167. The highest BCUT2D eigenvalue weighted by Crippen LogP contribution is 2.31. The molecule has 1 aliphatic rings. The summed E-state index contributed by atoms with van der Waals surface area (Å²) in [5, 5.41) is 1.21. The summed E-state index contributed by atoms with van der Waals surface area (Å²) in [5.74, 6) is 0.724. The molecule has 0 bridgehead atoms. The minimum absolute atomic E-state index is 0.680. The van der Waals surface area contributed by atoms with Gasteiger partial charge in [0.1, 0.15) is 11.2 Å². The molecule has 1 N–H and O–H groups in total. The summed E-state index contributed by atoms with van der Waals surface area (Å²) in [6.45, 7) is 3.62. The number of ether oxygens (including phenoxy) is 1. The van der Waals surface area contributed by atoms with Gasteiger partial charge in [0.25, 0.3) is 0 Å². The molecule has 6 aromatic rings. The standard InChI is InChI=1S/C30H26N6O/c1-2-4-21(5-3-1)19-36-20-32-28-27(33-30(34-29(28)36)35-14-16-37-17-15-35)24-9-6-22(7-10-24)25-11-8-23-12-13-31-26(23)18-25/h1-13,18,20,31H,14-17,19H2. The average Bonchev–Trinajstić information content (AvgIpc) is 3.60. The highest BCUT2D eigenvalue weighted by Gasteiger charge is 2.20. The second-order valence-electron chi connectivity index (χ2n) is 9.36. The van der Waals surface area contributed by atoms with Crippen molar-refractivity contribution in [1.82, 2.24) is 24.5 Å². The maximum Gasteiger partial charge on any atom is 0.228 e. The Labute approximate surface area is 214 Å². The minimum Gasteiger partial charge on any atom is -0.378 e. The van der Waals surface area contributed by atoms with Gasteiger partial charge in [0.2, 0.25) is 5.95 Å². The number of rotatable bonds is 5. The summed E-state index contributed by atoms with van der Waals surface area (Å²) in [4.78, 5) is 20.3. The first-order chi connectivity index (χ1) is 18.3. The fourth-order valence-corrected chi connectivity index (χ4v) is 4.98. The van der Waals surface area contributed by atoms with Gasteiger partial charge in [-0.05, 0) is 34.2 Å². The predicted octanol–water partition coefficient (Wildman–Crippen LogP) is 5.53. The topological polar surface area (TPSA) is 71.9 Å². The number of imidazole rings is 1. The number of nitrogens with one attached hydrogen (secondary N) is 1. The fourth-order valence-electron chi connectivity index (χ4n) is 4.98. The van der Waals surface area contributed by atoms with Crippen molar-refractivity contribution in [1.29, 1.82) is 0 Å². The lowest BCUT2D eigenvalue weighted by Crippen LogP contribution is -2.37. The van der Waals surface area contributed by atoms with Crippen molar-refractivity contribution in [2.75, 3.05) is 31.2 Å². The van der Waals surface area contributed by atoms with Crippen LogP contribution in [0.15, 0.2) is 91.4 Å². The number of aromatic nitrogens is 5. The van der Waals surface area contributed by atoms with E-state index in [1.165, 1.54) is 16.5 Å². The van der Waals surface area contributed by atoms with Crippen LogP contribution < -0.4 is 4.90 Å². The molecule has 7 nitrogen and oxygen atoms in total. The van der Waals surface area contributed by atoms with Gasteiger partial charge in [-0.3, -0.25) is 0 Å². The third kappa shape index (κ3) is 4.13. The van der Waals surface area contributed by atoms with Crippen molar-refractivity contribution in [3.63, 3.8) is 0 Å². The van der Waals surface area contributed by atoms with E-state index in [0.717, 1.165) is 52.5 Å². The Balaban J connectivity index is 1.30. The minimum atomic E-state index is 0.680. The second kappa shape index (κ2) is 9.19. The first-order valence-corrected chi connectivity index (χ1v) is 12.6. The van der Waals surface area contributed by atoms with Crippen LogP contribution in [0.25, 0.3) is 44.5 Å². The zero-order valence-corrected chi connectivity index (χ0v) is 20.3. The number of morpholine rings is 1. The summed E-state index contributed by atoms with van der Waals surface area (Å²) >= 11 is 0. The summed E-state index contributed by atoms with van der Waals surface area (Å²) in [6.07, 6.45) is 3.85. The van der Waals surface area contributed by atoms with Crippen molar-refractivity contribution in [2.45, 2.75) is 6.54 Å². The lowest BCUT2D eigenvalue weighted by atomic mass is 10.0. The van der Waals surface area contributed by atoms with Gasteiger partial charge in [0.15, 0.2) is 5.65 Å². The van der Waals surface area contributed by atoms with Gasteiger partial charge in [-0.15, -0.1) is 0 Å². The number of anilines is 1. The van der Waals surface area contributed by atoms with Crippen LogP contribution in [0.5, 0.6) is 0 Å². The molecule has 0 atom stereocenters. The molecule has 0 saturated carbocycles. The molecule has 182 valence electrons. The van der Waals surface area contributed by atoms with E-state index in [2.05, 4.69) is 87.2 Å². The van der Waals surface area contributed by atoms with Gasteiger partial charge in [-0.2, -0.15) is 4.98 Å². The van der Waals surface area contributed by atoms with Gasteiger partial charge in [0, 0.05) is 30.4 Å². The maximum atomic E-state index is 5.57.